The van der Waals surface area contributed by atoms with Gasteiger partial charge in [0.15, 0.2) is 0 Å². The summed E-state index contributed by atoms with van der Waals surface area (Å²) in [5.74, 6) is -2.51. The number of esters is 1. The predicted molar refractivity (Wildman–Crippen MR) is 82.2 cm³/mol. The van der Waals surface area contributed by atoms with E-state index in [1.165, 1.54) is 6.07 Å². The number of carbonyl (C=O) groups excluding carboxylic acids is 1. The molecule has 1 aromatic carbocycles. The van der Waals surface area contributed by atoms with Crippen LogP contribution in [0.3, 0.4) is 0 Å². The molecule has 0 aliphatic heterocycles. The number of hydrogen-bond donors (Lipinski definition) is 1. The van der Waals surface area contributed by atoms with E-state index in [0.29, 0.717) is 22.4 Å². The average molecular weight is 379 g/mol. The molecule has 116 valence electrons. The second kappa shape index (κ2) is 8.38. The molecule has 21 heavy (non-hydrogen) atoms. The lowest BCUT2D eigenvalue weighted by Crippen LogP contribution is -2.20. The quantitative estimate of drug-likeness (QED) is 0.571. The summed E-state index contributed by atoms with van der Waals surface area (Å²) in [5, 5.41) is 8.48. The maximum absolute atomic E-state index is 13.5. The third-order valence-electron chi connectivity index (χ3n) is 2.60. The molecule has 0 aliphatic rings. The first kappa shape index (κ1) is 18.0. The van der Waals surface area contributed by atoms with Crippen molar-refractivity contribution < 1.29 is 23.8 Å². The van der Waals surface area contributed by atoms with Gasteiger partial charge in [-0.05, 0) is 40.9 Å². The van der Waals surface area contributed by atoms with Crippen LogP contribution in [0, 0.1) is 5.82 Å². The molecule has 0 heterocycles. The fraction of sp³-hybridized carbons (Fsp3) is 0.429. The van der Waals surface area contributed by atoms with E-state index in [2.05, 4.69) is 15.9 Å². The molecule has 0 spiro atoms. The van der Waals surface area contributed by atoms with Crippen LogP contribution in [0.5, 0.6) is 0 Å². The molecule has 4 nitrogen and oxygen atoms in total. The van der Waals surface area contributed by atoms with E-state index in [4.69, 9.17) is 9.84 Å². The zero-order valence-electron chi connectivity index (χ0n) is 11.7. The van der Waals surface area contributed by atoms with Crippen LogP contribution < -0.4 is 0 Å². The van der Waals surface area contributed by atoms with Crippen molar-refractivity contribution in [2.75, 3.05) is 6.61 Å². The van der Waals surface area contributed by atoms with Gasteiger partial charge in [-0.15, -0.1) is 11.8 Å². The van der Waals surface area contributed by atoms with Crippen molar-refractivity contribution in [2.24, 2.45) is 0 Å². The smallest absolute Gasteiger partial charge is 0.338 e. The van der Waals surface area contributed by atoms with Crippen molar-refractivity contribution in [3.63, 3.8) is 0 Å². The summed E-state index contributed by atoms with van der Waals surface area (Å²) in [7, 11) is 0. The highest BCUT2D eigenvalue weighted by atomic mass is 79.9. The number of aromatic carboxylic acids is 1. The van der Waals surface area contributed by atoms with Crippen LogP contribution in [0.4, 0.5) is 4.39 Å². The summed E-state index contributed by atoms with van der Waals surface area (Å²) in [6.45, 7) is 4.08. The van der Waals surface area contributed by atoms with Crippen LogP contribution in [0.15, 0.2) is 21.5 Å². The third kappa shape index (κ3) is 5.00. The lowest BCUT2D eigenvalue weighted by atomic mass is 10.2. The molecule has 0 amide bonds. The molecule has 0 saturated carbocycles. The average Bonchev–Trinajstić information content (AvgIpc) is 2.43. The first-order valence-corrected chi connectivity index (χ1v) is 8.13. The minimum absolute atomic E-state index is 0.348. The van der Waals surface area contributed by atoms with Gasteiger partial charge in [0.25, 0.3) is 0 Å². The van der Waals surface area contributed by atoms with Crippen molar-refractivity contribution >= 4 is 39.6 Å². The summed E-state index contributed by atoms with van der Waals surface area (Å²) in [4.78, 5) is 23.3. The molecule has 0 bridgehead atoms. The molecule has 0 aliphatic carbocycles. The summed E-state index contributed by atoms with van der Waals surface area (Å²) in [6.07, 6.45) is 1.26. The highest BCUT2D eigenvalue weighted by Gasteiger charge is 2.22. The van der Waals surface area contributed by atoms with Crippen LogP contribution in [0.2, 0.25) is 0 Å². The number of halogens is 2. The Hall–Kier alpha value is -1.08. The highest BCUT2D eigenvalue weighted by Crippen LogP contribution is 2.34. The molecule has 0 saturated heterocycles. The normalized spacial score (nSPS) is 12.0. The first-order valence-electron chi connectivity index (χ1n) is 6.46. The SMILES string of the molecule is CCCOC(=O)C(CC)Sc1cc(C(=O)O)c(F)cc1Br. The van der Waals surface area contributed by atoms with Crippen molar-refractivity contribution in [1.82, 2.24) is 0 Å². The van der Waals surface area contributed by atoms with Gasteiger partial charge in [-0.3, -0.25) is 4.79 Å². The lowest BCUT2D eigenvalue weighted by Gasteiger charge is -2.15. The molecule has 1 rings (SSSR count). The molecule has 0 aromatic heterocycles. The fourth-order valence-corrected chi connectivity index (χ4v) is 3.12. The molecular formula is C14H16BrFO4S. The zero-order chi connectivity index (χ0) is 16.0. The lowest BCUT2D eigenvalue weighted by molar-refractivity contribution is -0.143. The Bertz CT molecular complexity index is 536. The second-order valence-corrected chi connectivity index (χ2v) is 6.35. The number of hydrogen-bond acceptors (Lipinski definition) is 4. The number of rotatable bonds is 7. The first-order chi connectivity index (χ1) is 9.90. The van der Waals surface area contributed by atoms with E-state index in [1.54, 1.807) is 0 Å². The maximum Gasteiger partial charge on any atom is 0.338 e. The van der Waals surface area contributed by atoms with Crippen molar-refractivity contribution in [3.8, 4) is 0 Å². The number of carbonyl (C=O) groups is 2. The van der Waals surface area contributed by atoms with Crippen molar-refractivity contribution in [3.05, 3.63) is 28.0 Å². The molecular weight excluding hydrogens is 363 g/mol. The topological polar surface area (TPSA) is 63.6 Å². The van der Waals surface area contributed by atoms with E-state index < -0.39 is 22.6 Å². The minimum atomic E-state index is -1.34. The van der Waals surface area contributed by atoms with E-state index in [9.17, 15) is 14.0 Å². The van der Waals surface area contributed by atoms with Gasteiger partial charge in [0.1, 0.15) is 11.1 Å². The Balaban J connectivity index is 2.96. The Morgan fingerprint density at radius 1 is 1.43 bits per heavy atom. The number of benzene rings is 1. The van der Waals surface area contributed by atoms with Gasteiger partial charge in [-0.2, -0.15) is 0 Å². The summed E-state index contributed by atoms with van der Waals surface area (Å²) < 4.78 is 19.0. The largest absolute Gasteiger partial charge is 0.478 e. The predicted octanol–water partition coefficient (Wildman–Crippen LogP) is 4.11. The molecule has 1 N–H and O–H groups in total. The highest BCUT2D eigenvalue weighted by molar-refractivity contribution is 9.10. The van der Waals surface area contributed by atoms with Crippen molar-refractivity contribution in [2.45, 2.75) is 36.8 Å². The Morgan fingerprint density at radius 3 is 2.62 bits per heavy atom. The van der Waals surface area contributed by atoms with E-state index in [1.807, 2.05) is 13.8 Å². The Kier molecular flexibility index (Phi) is 7.17. The standard InChI is InChI=1S/C14H16BrFO4S/c1-3-5-20-14(19)11(4-2)21-12-6-8(13(17)18)10(16)7-9(12)15/h6-7,11H,3-5H2,1-2H3,(H,17,18). The summed E-state index contributed by atoms with van der Waals surface area (Å²) in [5.41, 5.74) is -0.419. The van der Waals surface area contributed by atoms with Gasteiger partial charge >= 0.3 is 11.9 Å². The Morgan fingerprint density at radius 2 is 2.10 bits per heavy atom. The molecule has 7 heteroatoms. The number of thioether (sulfide) groups is 1. The Labute approximate surface area is 135 Å². The third-order valence-corrected chi connectivity index (χ3v) is 4.92. The molecule has 1 unspecified atom stereocenters. The van der Waals surface area contributed by atoms with Crippen LogP contribution in [-0.4, -0.2) is 28.9 Å². The molecule has 1 atom stereocenters. The van der Waals surface area contributed by atoms with Gasteiger partial charge in [0.2, 0.25) is 0 Å². The fourth-order valence-electron chi connectivity index (χ4n) is 1.53. The zero-order valence-corrected chi connectivity index (χ0v) is 14.1. The maximum atomic E-state index is 13.5. The summed E-state index contributed by atoms with van der Waals surface area (Å²) >= 11 is 4.35. The summed E-state index contributed by atoms with van der Waals surface area (Å²) in [6, 6.07) is 2.32. The van der Waals surface area contributed by atoms with Crippen LogP contribution in [-0.2, 0) is 9.53 Å². The second-order valence-electron chi connectivity index (χ2n) is 4.25. The van der Waals surface area contributed by atoms with Gasteiger partial charge in [0, 0.05) is 9.37 Å². The van der Waals surface area contributed by atoms with E-state index in [0.717, 1.165) is 24.2 Å². The number of carboxylic acid groups (broad SMARTS) is 1. The van der Waals surface area contributed by atoms with E-state index >= 15 is 0 Å². The van der Waals surface area contributed by atoms with Crippen LogP contribution in [0.25, 0.3) is 0 Å². The van der Waals surface area contributed by atoms with E-state index in [-0.39, 0.29) is 5.97 Å². The molecule has 1 aromatic rings. The van der Waals surface area contributed by atoms with Gasteiger partial charge in [0.05, 0.1) is 12.2 Å². The molecule has 0 radical (unpaired) electrons. The van der Waals surface area contributed by atoms with Crippen LogP contribution in [0.1, 0.15) is 37.0 Å². The number of carboxylic acids is 1. The van der Waals surface area contributed by atoms with Gasteiger partial charge in [-0.25, -0.2) is 9.18 Å². The molecule has 0 fully saturated rings. The number of ether oxygens (including phenoxy) is 1. The monoisotopic (exact) mass is 378 g/mol. The van der Waals surface area contributed by atoms with Gasteiger partial charge in [-0.1, -0.05) is 13.8 Å². The minimum Gasteiger partial charge on any atom is -0.478 e. The van der Waals surface area contributed by atoms with Gasteiger partial charge < -0.3 is 9.84 Å². The van der Waals surface area contributed by atoms with Crippen LogP contribution >= 0.6 is 27.7 Å². The van der Waals surface area contributed by atoms with Crippen molar-refractivity contribution in [1.29, 1.82) is 0 Å².